The van der Waals surface area contributed by atoms with Crippen LogP contribution in [0, 0.1) is 0 Å². The van der Waals surface area contributed by atoms with Crippen LogP contribution in [0.2, 0.25) is 0 Å². The van der Waals surface area contributed by atoms with Crippen molar-refractivity contribution in [2.24, 2.45) is 0 Å². The monoisotopic (exact) mass is 383 g/mol. The minimum atomic E-state index is -0.785. The summed E-state index contributed by atoms with van der Waals surface area (Å²) in [4.78, 5) is 27.0. The van der Waals surface area contributed by atoms with Crippen LogP contribution in [0.3, 0.4) is 0 Å². The first-order valence-corrected chi connectivity index (χ1v) is 8.73. The lowest BCUT2D eigenvalue weighted by Gasteiger charge is -2.26. The van der Waals surface area contributed by atoms with Crippen molar-refractivity contribution in [3.8, 4) is 5.75 Å². The molecule has 1 aliphatic heterocycles. The molecule has 2 heterocycles. The summed E-state index contributed by atoms with van der Waals surface area (Å²) in [5.74, 6) is -1.15. The molecule has 0 fully saturated rings. The predicted octanol–water partition coefficient (Wildman–Crippen LogP) is 3.07. The molecule has 2 aromatic rings. The highest BCUT2D eigenvalue weighted by Gasteiger charge is 2.44. The van der Waals surface area contributed by atoms with Crippen LogP contribution in [0.25, 0.3) is 0 Å². The molecule has 0 radical (unpaired) electrons. The van der Waals surface area contributed by atoms with Crippen LogP contribution >= 0.6 is 0 Å². The smallest absolute Gasteiger partial charge is 0.290 e. The van der Waals surface area contributed by atoms with Gasteiger partial charge in [0.25, 0.3) is 5.91 Å². The van der Waals surface area contributed by atoms with Crippen molar-refractivity contribution in [3.05, 3.63) is 78.0 Å². The largest absolute Gasteiger partial charge is 0.503 e. The van der Waals surface area contributed by atoms with E-state index >= 15 is 0 Å². The molecular weight excluding hydrogens is 362 g/mol. The number of rotatable bonds is 9. The minimum Gasteiger partial charge on any atom is -0.503 e. The molecule has 0 aliphatic carbocycles. The molecule has 1 amide bonds. The molecule has 0 unspecified atom stereocenters. The lowest BCUT2D eigenvalue weighted by molar-refractivity contribution is -0.130. The van der Waals surface area contributed by atoms with Crippen LogP contribution < -0.4 is 4.74 Å². The zero-order valence-corrected chi connectivity index (χ0v) is 15.5. The minimum absolute atomic E-state index is 0.0306. The van der Waals surface area contributed by atoms with Crippen LogP contribution in [0.1, 0.15) is 22.2 Å². The fourth-order valence-electron chi connectivity index (χ4n) is 3.12. The maximum atomic E-state index is 13.0. The molecule has 28 heavy (non-hydrogen) atoms. The predicted molar refractivity (Wildman–Crippen MR) is 101 cm³/mol. The molecule has 0 saturated carbocycles. The summed E-state index contributed by atoms with van der Waals surface area (Å²) in [5.41, 5.74) is 0.599. The number of Topliss-reactive ketones (excluding diaryl/α,β-unsaturated/α-hetero) is 1. The molecule has 0 bridgehead atoms. The maximum absolute atomic E-state index is 13.0. The molecule has 1 atom stereocenters. The first kappa shape index (κ1) is 19.4. The van der Waals surface area contributed by atoms with Crippen LogP contribution in [0.5, 0.6) is 5.75 Å². The highest BCUT2D eigenvalue weighted by molar-refractivity contribution is 6.15. The third kappa shape index (κ3) is 3.70. The third-order valence-electron chi connectivity index (χ3n) is 4.37. The average Bonchev–Trinajstić information content (AvgIpc) is 3.33. The van der Waals surface area contributed by atoms with Gasteiger partial charge in [0.1, 0.15) is 12.4 Å². The van der Waals surface area contributed by atoms with Crippen molar-refractivity contribution >= 4 is 11.7 Å². The highest BCUT2D eigenvalue weighted by atomic mass is 16.5. The summed E-state index contributed by atoms with van der Waals surface area (Å²) in [7, 11) is 1.52. The number of carbonyl (C=O) groups is 2. The van der Waals surface area contributed by atoms with Crippen molar-refractivity contribution < 1.29 is 28.6 Å². The molecule has 146 valence electrons. The number of nitrogens with zero attached hydrogens (tertiary/aromatic N) is 1. The number of aliphatic hydroxyl groups excluding tert-OH is 1. The SMILES string of the molecule is C=CCOc1cccc([C@H]2C(C(=O)c3ccco3)=C(O)C(=O)N2CCOC)c1. The van der Waals surface area contributed by atoms with Gasteiger partial charge < -0.3 is 23.9 Å². The van der Waals surface area contributed by atoms with Crippen LogP contribution in [-0.4, -0.2) is 48.6 Å². The van der Waals surface area contributed by atoms with E-state index in [1.54, 1.807) is 36.4 Å². The number of ether oxygens (including phenoxy) is 2. The number of hydrogen-bond donors (Lipinski definition) is 1. The molecule has 1 aromatic carbocycles. The Balaban J connectivity index is 2.04. The number of carbonyl (C=O) groups excluding carboxylic acids is 2. The molecule has 7 heteroatoms. The summed E-state index contributed by atoms with van der Waals surface area (Å²) in [6, 6.07) is 9.31. The Kier molecular flexibility index (Phi) is 5.96. The van der Waals surface area contributed by atoms with Gasteiger partial charge in [-0.2, -0.15) is 0 Å². The normalized spacial score (nSPS) is 16.5. The first-order valence-electron chi connectivity index (χ1n) is 8.73. The first-order chi connectivity index (χ1) is 13.6. The number of amides is 1. The second-order valence-corrected chi connectivity index (χ2v) is 6.13. The van der Waals surface area contributed by atoms with Crippen molar-refractivity contribution in [1.29, 1.82) is 0 Å². The molecule has 3 rings (SSSR count). The van der Waals surface area contributed by atoms with E-state index in [1.807, 2.05) is 0 Å². The van der Waals surface area contributed by atoms with Crippen molar-refractivity contribution in [2.45, 2.75) is 6.04 Å². The zero-order valence-electron chi connectivity index (χ0n) is 15.5. The zero-order chi connectivity index (χ0) is 20.1. The Labute approximate surface area is 162 Å². The van der Waals surface area contributed by atoms with Gasteiger partial charge in [-0.05, 0) is 29.8 Å². The van der Waals surface area contributed by atoms with Gasteiger partial charge in [0.05, 0.1) is 24.5 Å². The number of aliphatic hydroxyl groups is 1. The number of furan rings is 1. The fraction of sp³-hybridized carbons (Fsp3) is 0.238. The summed E-state index contributed by atoms with van der Waals surface area (Å²) >= 11 is 0. The van der Waals surface area contributed by atoms with Gasteiger partial charge in [-0.15, -0.1) is 0 Å². The van der Waals surface area contributed by atoms with Gasteiger partial charge in [-0.25, -0.2) is 0 Å². The van der Waals surface area contributed by atoms with Crippen molar-refractivity contribution in [3.63, 3.8) is 0 Å². The number of hydrogen-bond acceptors (Lipinski definition) is 6. The van der Waals surface area contributed by atoms with E-state index in [1.165, 1.54) is 24.3 Å². The lowest BCUT2D eigenvalue weighted by Crippen LogP contribution is -2.34. The van der Waals surface area contributed by atoms with E-state index in [0.29, 0.717) is 17.9 Å². The van der Waals surface area contributed by atoms with Gasteiger partial charge >= 0.3 is 0 Å². The van der Waals surface area contributed by atoms with E-state index in [9.17, 15) is 14.7 Å². The topological polar surface area (TPSA) is 89.2 Å². The maximum Gasteiger partial charge on any atom is 0.290 e. The van der Waals surface area contributed by atoms with Crippen LogP contribution in [0.4, 0.5) is 0 Å². The molecular formula is C21H21NO6. The fourth-order valence-corrected chi connectivity index (χ4v) is 3.12. The van der Waals surface area contributed by atoms with Crippen molar-refractivity contribution in [2.75, 3.05) is 26.9 Å². The van der Waals surface area contributed by atoms with E-state index < -0.39 is 23.5 Å². The Morgan fingerprint density at radius 3 is 2.86 bits per heavy atom. The second kappa shape index (κ2) is 8.58. The van der Waals surface area contributed by atoms with E-state index in [-0.39, 0.29) is 24.5 Å². The van der Waals surface area contributed by atoms with Gasteiger partial charge in [0, 0.05) is 13.7 Å². The Morgan fingerprint density at radius 2 is 2.18 bits per heavy atom. The Hall–Kier alpha value is -3.32. The summed E-state index contributed by atoms with van der Waals surface area (Å²) in [5, 5.41) is 10.5. The summed E-state index contributed by atoms with van der Waals surface area (Å²) in [6.45, 7) is 4.40. The molecule has 0 spiro atoms. The molecule has 7 nitrogen and oxygen atoms in total. The van der Waals surface area contributed by atoms with Gasteiger partial charge in [-0.3, -0.25) is 9.59 Å². The lowest BCUT2D eigenvalue weighted by atomic mass is 9.95. The average molecular weight is 383 g/mol. The third-order valence-corrected chi connectivity index (χ3v) is 4.37. The number of benzene rings is 1. The van der Waals surface area contributed by atoms with E-state index in [4.69, 9.17) is 13.9 Å². The summed E-state index contributed by atoms with van der Waals surface area (Å²) < 4.78 is 15.8. The van der Waals surface area contributed by atoms with Crippen LogP contribution in [0.15, 0.2) is 71.1 Å². The quantitative estimate of drug-likeness (QED) is 0.529. The number of ketones is 1. The van der Waals surface area contributed by atoms with Gasteiger partial charge in [0.15, 0.2) is 11.5 Å². The standard InChI is InChI=1S/C21H21NO6/c1-3-10-27-15-7-4-6-14(13-15)18-17(19(23)16-8-5-11-28-16)20(24)21(25)22(18)9-12-26-2/h3-8,11,13,18,24H,1,9-10,12H2,2H3/t18-/m0/s1. The molecule has 0 saturated heterocycles. The number of methoxy groups -OCH3 is 1. The molecule has 1 aliphatic rings. The Bertz CT molecular complexity index is 899. The molecule has 1 N–H and O–H groups in total. The van der Waals surface area contributed by atoms with E-state index in [2.05, 4.69) is 6.58 Å². The van der Waals surface area contributed by atoms with E-state index in [0.717, 1.165) is 0 Å². The van der Waals surface area contributed by atoms with Crippen molar-refractivity contribution in [1.82, 2.24) is 4.90 Å². The summed E-state index contributed by atoms with van der Waals surface area (Å²) in [6.07, 6.45) is 2.98. The second-order valence-electron chi connectivity index (χ2n) is 6.13. The van der Waals surface area contributed by atoms with Crippen LogP contribution in [-0.2, 0) is 9.53 Å². The Morgan fingerprint density at radius 1 is 1.36 bits per heavy atom. The van der Waals surface area contributed by atoms with Gasteiger partial charge in [-0.1, -0.05) is 24.8 Å². The highest BCUT2D eigenvalue weighted by Crippen LogP contribution is 2.39. The van der Waals surface area contributed by atoms with Gasteiger partial charge in [0.2, 0.25) is 5.78 Å². The molecule has 1 aromatic heterocycles.